The third kappa shape index (κ3) is 5.24. The molecule has 0 saturated carbocycles. The van der Waals surface area contributed by atoms with E-state index in [2.05, 4.69) is 121 Å². The molecule has 0 amide bonds. The first-order valence-corrected chi connectivity index (χ1v) is 14.0. The van der Waals surface area contributed by atoms with E-state index >= 15 is 0 Å². The molecule has 0 saturated heterocycles. The Hall–Kier alpha value is -5.32. The van der Waals surface area contributed by atoms with Gasteiger partial charge < -0.3 is 14.8 Å². The van der Waals surface area contributed by atoms with Crippen molar-refractivity contribution in [2.24, 2.45) is 0 Å². The van der Waals surface area contributed by atoms with Crippen molar-refractivity contribution in [3.63, 3.8) is 0 Å². The minimum absolute atomic E-state index is 0.357. The lowest BCUT2D eigenvalue weighted by atomic mass is 10.0. The molecule has 0 atom stereocenters. The lowest BCUT2D eigenvalue weighted by Crippen LogP contribution is -2.33. The normalized spacial score (nSPS) is 11.1. The van der Waals surface area contributed by atoms with E-state index in [9.17, 15) is 0 Å². The van der Waals surface area contributed by atoms with Crippen molar-refractivity contribution in [2.45, 2.75) is 0 Å². The van der Waals surface area contributed by atoms with Crippen LogP contribution >= 0.6 is 0 Å². The van der Waals surface area contributed by atoms with Crippen molar-refractivity contribution in [3.8, 4) is 22.6 Å². The molecule has 0 unspecified atom stereocenters. The molecule has 0 aliphatic carbocycles. The van der Waals surface area contributed by atoms with Gasteiger partial charge in [-0.05, 0) is 59.7 Å². The number of hydrogen-bond acceptors (Lipinski definition) is 3. The highest BCUT2D eigenvalue weighted by molar-refractivity contribution is 5.83. The molecular formula is C38H33N2O2+. The molecule has 0 aliphatic heterocycles. The van der Waals surface area contributed by atoms with Crippen molar-refractivity contribution in [1.29, 1.82) is 0 Å². The van der Waals surface area contributed by atoms with Crippen LogP contribution in [0.25, 0.3) is 11.1 Å². The molecule has 42 heavy (non-hydrogen) atoms. The molecule has 0 heterocycles. The summed E-state index contributed by atoms with van der Waals surface area (Å²) in [5.74, 6) is 1.60. The van der Waals surface area contributed by atoms with Gasteiger partial charge in [0.2, 0.25) is 0 Å². The second-order valence-corrected chi connectivity index (χ2v) is 10.0. The molecule has 1 N–H and O–H groups in total. The van der Waals surface area contributed by atoms with Crippen molar-refractivity contribution < 1.29 is 9.47 Å². The van der Waals surface area contributed by atoms with Gasteiger partial charge in [0.1, 0.15) is 22.9 Å². The Morgan fingerprint density at radius 1 is 0.405 bits per heavy atom. The lowest BCUT2D eigenvalue weighted by molar-refractivity contribution is 0.413. The quantitative estimate of drug-likeness (QED) is 0.182. The predicted molar refractivity (Wildman–Crippen MR) is 175 cm³/mol. The van der Waals surface area contributed by atoms with Crippen LogP contribution in [0.4, 0.5) is 34.1 Å². The number of nitrogens with zero attached hydrogens (tertiary/aromatic N) is 1. The molecule has 0 aliphatic rings. The first-order chi connectivity index (χ1) is 20.7. The van der Waals surface area contributed by atoms with Gasteiger partial charge in [-0.2, -0.15) is 4.48 Å². The smallest absolute Gasteiger partial charge is 0.151 e. The molecule has 6 aromatic carbocycles. The Morgan fingerprint density at radius 2 is 0.833 bits per heavy atom. The molecule has 206 valence electrons. The van der Waals surface area contributed by atoms with Gasteiger partial charge in [0.05, 0.1) is 14.2 Å². The summed E-state index contributed by atoms with van der Waals surface area (Å²) in [5, 5.41) is 3.46. The van der Waals surface area contributed by atoms with Crippen molar-refractivity contribution in [3.05, 3.63) is 158 Å². The fourth-order valence-corrected chi connectivity index (χ4v) is 5.50. The number of anilines is 2. The van der Waals surface area contributed by atoms with Gasteiger partial charge in [-0.25, -0.2) is 0 Å². The molecule has 4 nitrogen and oxygen atoms in total. The molecule has 0 spiro atoms. The number of methoxy groups -OCH3 is 2. The molecule has 0 bridgehead atoms. The van der Waals surface area contributed by atoms with Crippen molar-refractivity contribution in [2.75, 3.05) is 19.5 Å². The summed E-state index contributed by atoms with van der Waals surface area (Å²) in [5.41, 5.74) is 8.72. The number of ether oxygens (including phenoxy) is 2. The van der Waals surface area contributed by atoms with E-state index in [0.717, 1.165) is 56.8 Å². The number of para-hydroxylation sites is 2. The van der Waals surface area contributed by atoms with Gasteiger partial charge in [0, 0.05) is 59.9 Å². The van der Waals surface area contributed by atoms with E-state index in [1.165, 1.54) is 0 Å². The maximum Gasteiger partial charge on any atom is 0.151 e. The predicted octanol–water partition coefficient (Wildman–Crippen LogP) is 10.4. The largest absolute Gasteiger partial charge is 0.497 e. The Bertz CT molecular complexity index is 1700. The van der Waals surface area contributed by atoms with Gasteiger partial charge >= 0.3 is 0 Å². The fourth-order valence-electron chi connectivity index (χ4n) is 5.50. The van der Waals surface area contributed by atoms with Crippen molar-refractivity contribution in [1.82, 2.24) is 4.48 Å². The van der Waals surface area contributed by atoms with Crippen LogP contribution < -0.4 is 19.3 Å². The summed E-state index contributed by atoms with van der Waals surface area (Å²) >= 11 is 0. The average molecular weight is 550 g/mol. The van der Waals surface area contributed by atoms with E-state index in [4.69, 9.17) is 9.47 Å². The zero-order valence-corrected chi connectivity index (χ0v) is 23.8. The second-order valence-electron chi connectivity index (χ2n) is 10.0. The monoisotopic (exact) mass is 549 g/mol. The molecule has 6 rings (SSSR count). The number of hydrogen-bond donors (Lipinski definition) is 1. The molecule has 0 fully saturated rings. The van der Waals surface area contributed by atoms with Gasteiger partial charge in [0.25, 0.3) is 0 Å². The van der Waals surface area contributed by atoms with Gasteiger partial charge in [0.15, 0.2) is 11.4 Å². The zero-order valence-electron chi connectivity index (χ0n) is 23.8. The van der Waals surface area contributed by atoms with Crippen LogP contribution in [-0.2, 0) is 0 Å². The van der Waals surface area contributed by atoms with E-state index in [1.54, 1.807) is 14.2 Å². The Labute approximate surface area is 247 Å². The Kier molecular flexibility index (Phi) is 7.71. The summed E-state index contributed by atoms with van der Waals surface area (Å²) in [6, 6.07) is 54.7. The van der Waals surface area contributed by atoms with Crippen LogP contribution in [0.2, 0.25) is 0 Å². The first kappa shape index (κ1) is 26.9. The highest BCUT2D eigenvalue weighted by atomic mass is 16.5. The molecular weight excluding hydrogens is 516 g/mol. The number of nitrogens with one attached hydrogen (secondary N) is 1. The van der Waals surface area contributed by atoms with E-state index in [0.29, 0.717) is 4.48 Å². The molecule has 6 aromatic rings. The summed E-state index contributed by atoms with van der Waals surface area (Å²) in [4.78, 5) is 0. The van der Waals surface area contributed by atoms with Crippen LogP contribution in [0.1, 0.15) is 0 Å². The Morgan fingerprint density at radius 3 is 1.36 bits per heavy atom. The number of benzene rings is 6. The average Bonchev–Trinajstić information content (AvgIpc) is 3.07. The summed E-state index contributed by atoms with van der Waals surface area (Å²) < 4.78 is 11.7. The summed E-state index contributed by atoms with van der Waals surface area (Å²) in [6.45, 7) is 0. The van der Waals surface area contributed by atoms with Crippen LogP contribution in [0.3, 0.4) is 0 Å². The third-order valence-electron chi connectivity index (χ3n) is 7.56. The molecule has 0 aromatic heterocycles. The highest BCUT2D eigenvalue weighted by Crippen LogP contribution is 2.52. The summed E-state index contributed by atoms with van der Waals surface area (Å²) in [7, 11) is 3.41. The maximum absolute atomic E-state index is 5.69. The Balaban J connectivity index is 1.47. The lowest BCUT2D eigenvalue weighted by Gasteiger charge is -2.37. The molecule has 4 heteroatoms. The number of quaternary nitrogens is 1. The number of rotatable bonds is 9. The van der Waals surface area contributed by atoms with Crippen LogP contribution in [-0.4, -0.2) is 14.2 Å². The van der Waals surface area contributed by atoms with Crippen LogP contribution in [0.5, 0.6) is 11.5 Å². The van der Waals surface area contributed by atoms with E-state index in [-0.39, 0.29) is 0 Å². The minimum Gasteiger partial charge on any atom is -0.497 e. The topological polar surface area (TPSA) is 30.5 Å². The van der Waals surface area contributed by atoms with Gasteiger partial charge in [-0.1, -0.05) is 60.7 Å². The van der Waals surface area contributed by atoms with Gasteiger partial charge in [-0.15, -0.1) is 0 Å². The third-order valence-corrected chi connectivity index (χ3v) is 7.56. The maximum atomic E-state index is 5.69. The van der Waals surface area contributed by atoms with Crippen LogP contribution in [0, 0.1) is 0 Å². The highest BCUT2D eigenvalue weighted by Gasteiger charge is 2.39. The zero-order chi connectivity index (χ0) is 28.8. The molecule has 0 radical (unpaired) electrons. The minimum atomic E-state index is 0.357. The van der Waals surface area contributed by atoms with Gasteiger partial charge in [-0.3, -0.25) is 0 Å². The summed E-state index contributed by atoms with van der Waals surface area (Å²) in [6.07, 6.45) is 0. The van der Waals surface area contributed by atoms with Crippen LogP contribution in [0.15, 0.2) is 158 Å². The second kappa shape index (κ2) is 12.0. The van der Waals surface area contributed by atoms with Crippen molar-refractivity contribution >= 4 is 34.1 Å². The van der Waals surface area contributed by atoms with E-state index in [1.807, 2.05) is 42.5 Å². The SMILES string of the molecule is COc1cccc([N+](c2ccccc2)(c2ccc(-c3ccc(Nc4ccccc4)cc3)cc2)c2cccc(OC)c2)c1. The fraction of sp³-hybridized carbons (Fsp3) is 0.0526. The standard InChI is InChI=1S/C38H33N2O2/c1-41-37-17-9-15-35(27-37)40(33-13-7-4-8-14-33,36-16-10-18-38(28-36)42-2)34-25-21-30(22-26-34)29-19-23-32(24-20-29)39-31-11-5-3-6-12-31/h3-28,39H,1-2H3/q+1. The van der Waals surface area contributed by atoms with E-state index < -0.39 is 0 Å². The first-order valence-electron chi connectivity index (χ1n) is 14.0.